The van der Waals surface area contributed by atoms with Crippen LogP contribution in [0.2, 0.25) is 0 Å². The number of benzene rings is 1. The van der Waals surface area contributed by atoms with Crippen LogP contribution in [0.4, 0.5) is 4.39 Å². The average Bonchev–Trinajstić information content (AvgIpc) is 3.30. The lowest BCUT2D eigenvalue weighted by Gasteiger charge is -2.21. The summed E-state index contributed by atoms with van der Waals surface area (Å²) in [7, 11) is -3.41. The van der Waals surface area contributed by atoms with Crippen molar-refractivity contribution >= 4 is 21.1 Å². The van der Waals surface area contributed by atoms with Crippen LogP contribution in [-0.4, -0.2) is 45.8 Å². The van der Waals surface area contributed by atoms with E-state index in [4.69, 9.17) is 0 Å². The average molecular weight is 341 g/mol. The Morgan fingerprint density at radius 3 is 2.78 bits per heavy atom. The Kier molecular flexibility index (Phi) is 4.39. The van der Waals surface area contributed by atoms with Gasteiger partial charge in [0.05, 0.1) is 29.4 Å². The highest BCUT2D eigenvalue weighted by Gasteiger charge is 2.40. The molecule has 1 heterocycles. The fraction of sp³-hybridized carbons (Fsp3) is 0.533. The van der Waals surface area contributed by atoms with Crippen molar-refractivity contribution < 1.29 is 17.9 Å². The summed E-state index contributed by atoms with van der Waals surface area (Å²) in [6.45, 7) is 2.42. The van der Waals surface area contributed by atoms with Gasteiger partial charge in [-0.1, -0.05) is 0 Å². The van der Waals surface area contributed by atoms with E-state index in [1.165, 1.54) is 16.4 Å². The van der Waals surface area contributed by atoms with Crippen molar-refractivity contribution in [3.63, 3.8) is 0 Å². The van der Waals surface area contributed by atoms with Gasteiger partial charge in [0.2, 0.25) is 10.0 Å². The Bertz CT molecular complexity index is 815. The zero-order chi connectivity index (χ0) is 16.6. The van der Waals surface area contributed by atoms with Crippen LogP contribution in [0.25, 0.3) is 11.0 Å². The van der Waals surface area contributed by atoms with Gasteiger partial charge in [-0.15, -0.1) is 0 Å². The van der Waals surface area contributed by atoms with E-state index in [0.717, 1.165) is 5.52 Å². The first-order chi connectivity index (χ1) is 11.0. The van der Waals surface area contributed by atoms with E-state index in [9.17, 15) is 17.9 Å². The monoisotopic (exact) mass is 341 g/mol. The molecule has 23 heavy (non-hydrogen) atoms. The lowest BCUT2D eigenvalue weighted by atomic mass is 10.3. The van der Waals surface area contributed by atoms with Crippen LogP contribution >= 0.6 is 0 Å². The molecule has 8 heteroatoms. The van der Waals surface area contributed by atoms with E-state index in [0.29, 0.717) is 30.7 Å². The van der Waals surface area contributed by atoms with Gasteiger partial charge in [0.25, 0.3) is 0 Å². The van der Waals surface area contributed by atoms with E-state index < -0.39 is 10.0 Å². The zero-order valence-electron chi connectivity index (χ0n) is 12.9. The van der Waals surface area contributed by atoms with Gasteiger partial charge in [-0.3, -0.25) is 0 Å². The second-order valence-corrected chi connectivity index (χ2v) is 7.92. The molecule has 1 N–H and O–H groups in total. The van der Waals surface area contributed by atoms with E-state index in [-0.39, 0.29) is 30.8 Å². The Hall–Kier alpha value is -1.51. The highest BCUT2D eigenvalue weighted by atomic mass is 32.2. The molecule has 1 aliphatic rings. The summed E-state index contributed by atoms with van der Waals surface area (Å²) < 4.78 is 41.5. The highest BCUT2D eigenvalue weighted by Crippen LogP contribution is 2.32. The van der Waals surface area contributed by atoms with Gasteiger partial charge in [0, 0.05) is 19.2 Å². The molecule has 0 aliphatic heterocycles. The molecule has 1 aromatic carbocycles. The van der Waals surface area contributed by atoms with Crippen molar-refractivity contribution in [2.45, 2.75) is 38.1 Å². The number of aromatic nitrogens is 2. The number of hydrogen-bond donors (Lipinski definition) is 1. The molecule has 0 radical (unpaired) electrons. The van der Waals surface area contributed by atoms with Crippen LogP contribution in [0, 0.1) is 5.82 Å². The van der Waals surface area contributed by atoms with Gasteiger partial charge in [-0.25, -0.2) is 17.8 Å². The second-order valence-electron chi connectivity index (χ2n) is 5.71. The number of aliphatic hydroxyl groups is 1. The van der Waals surface area contributed by atoms with Gasteiger partial charge in [0.15, 0.2) is 0 Å². The zero-order valence-corrected chi connectivity index (χ0v) is 13.8. The number of fused-ring (bicyclic) bond motifs is 1. The third-order valence-corrected chi connectivity index (χ3v) is 6.42. The van der Waals surface area contributed by atoms with Gasteiger partial charge in [-0.05, 0) is 31.9 Å². The minimum atomic E-state index is -3.41. The molecule has 3 rings (SSSR count). The third kappa shape index (κ3) is 3.11. The number of aryl methyl sites for hydroxylation is 1. The number of halogens is 1. The number of aliphatic hydroxyl groups excluding tert-OH is 1. The Balaban J connectivity index is 1.98. The van der Waals surface area contributed by atoms with Crippen molar-refractivity contribution in [1.29, 1.82) is 0 Å². The molecule has 0 unspecified atom stereocenters. The van der Waals surface area contributed by atoms with E-state index in [1.807, 2.05) is 11.5 Å². The molecule has 0 spiro atoms. The predicted molar refractivity (Wildman–Crippen MR) is 84.8 cm³/mol. The smallest absolute Gasteiger partial charge is 0.217 e. The van der Waals surface area contributed by atoms with E-state index in [1.54, 1.807) is 6.07 Å². The van der Waals surface area contributed by atoms with Crippen LogP contribution in [-0.2, 0) is 23.1 Å². The molecule has 0 bridgehead atoms. The van der Waals surface area contributed by atoms with Gasteiger partial charge in [0.1, 0.15) is 11.6 Å². The Morgan fingerprint density at radius 2 is 2.17 bits per heavy atom. The predicted octanol–water partition coefficient (Wildman–Crippen LogP) is 1.48. The molecular formula is C15H20FN3O3S. The first-order valence-corrected chi connectivity index (χ1v) is 9.22. The summed E-state index contributed by atoms with van der Waals surface area (Å²) >= 11 is 0. The number of hydrogen-bond acceptors (Lipinski definition) is 4. The first-order valence-electron chi connectivity index (χ1n) is 7.72. The molecule has 6 nitrogen and oxygen atoms in total. The van der Waals surface area contributed by atoms with Crippen LogP contribution in [0.3, 0.4) is 0 Å². The van der Waals surface area contributed by atoms with Crippen molar-refractivity contribution in [3.05, 3.63) is 29.8 Å². The SMILES string of the molecule is CCn1c(CN(CCO)S(=O)(=O)C2CC2)nc2cc(F)ccc21. The maximum Gasteiger partial charge on any atom is 0.217 e. The summed E-state index contributed by atoms with van der Waals surface area (Å²) in [6.07, 6.45) is 1.33. The third-order valence-electron chi connectivity index (χ3n) is 4.08. The molecule has 0 atom stereocenters. The minimum absolute atomic E-state index is 0.0418. The molecule has 1 aliphatic carbocycles. The number of sulfonamides is 1. The van der Waals surface area contributed by atoms with Crippen molar-refractivity contribution in [2.24, 2.45) is 0 Å². The summed E-state index contributed by atoms with van der Waals surface area (Å²) in [5.74, 6) is 0.188. The molecule has 126 valence electrons. The van der Waals surface area contributed by atoms with Gasteiger partial charge in [-0.2, -0.15) is 4.31 Å². The first kappa shape index (κ1) is 16.4. The Morgan fingerprint density at radius 1 is 1.43 bits per heavy atom. The lowest BCUT2D eigenvalue weighted by Crippen LogP contribution is -2.36. The maximum atomic E-state index is 13.4. The molecule has 1 aromatic heterocycles. The number of imidazole rings is 1. The van der Waals surface area contributed by atoms with E-state index in [2.05, 4.69) is 4.98 Å². The summed E-state index contributed by atoms with van der Waals surface area (Å²) in [6, 6.07) is 4.36. The lowest BCUT2D eigenvalue weighted by molar-refractivity contribution is 0.248. The fourth-order valence-corrected chi connectivity index (χ4v) is 4.55. The summed E-state index contributed by atoms with van der Waals surface area (Å²) in [5, 5.41) is 8.86. The quantitative estimate of drug-likeness (QED) is 0.828. The number of rotatable bonds is 7. The number of nitrogens with zero attached hydrogens (tertiary/aromatic N) is 3. The second kappa shape index (κ2) is 6.18. The van der Waals surface area contributed by atoms with Crippen molar-refractivity contribution in [2.75, 3.05) is 13.2 Å². The minimum Gasteiger partial charge on any atom is -0.395 e. The Labute approximate surface area is 134 Å². The topological polar surface area (TPSA) is 75.4 Å². The molecule has 2 aromatic rings. The standard InChI is InChI=1S/C15H20FN3O3S/c1-2-19-14-6-3-11(16)9-13(14)17-15(19)10-18(7-8-20)23(21,22)12-4-5-12/h3,6,9,12,20H,2,4-5,7-8,10H2,1H3. The van der Waals surface area contributed by atoms with E-state index >= 15 is 0 Å². The van der Waals surface area contributed by atoms with Gasteiger partial charge >= 0.3 is 0 Å². The normalized spacial score (nSPS) is 15.7. The van der Waals surface area contributed by atoms with Crippen LogP contribution in [0.5, 0.6) is 0 Å². The van der Waals surface area contributed by atoms with Crippen LogP contribution in [0.1, 0.15) is 25.6 Å². The summed E-state index contributed by atoms with van der Waals surface area (Å²) in [4.78, 5) is 4.39. The van der Waals surface area contributed by atoms with Crippen molar-refractivity contribution in [1.82, 2.24) is 13.9 Å². The highest BCUT2D eigenvalue weighted by molar-refractivity contribution is 7.90. The maximum absolute atomic E-state index is 13.4. The molecule has 1 fully saturated rings. The molecule has 0 amide bonds. The van der Waals surface area contributed by atoms with Gasteiger partial charge < -0.3 is 9.67 Å². The molecule has 1 saturated carbocycles. The summed E-state index contributed by atoms with van der Waals surface area (Å²) in [5.41, 5.74) is 1.28. The van der Waals surface area contributed by atoms with Crippen LogP contribution in [0.15, 0.2) is 18.2 Å². The fourth-order valence-electron chi connectivity index (χ4n) is 2.77. The van der Waals surface area contributed by atoms with Crippen LogP contribution < -0.4 is 0 Å². The van der Waals surface area contributed by atoms with Crippen molar-refractivity contribution in [3.8, 4) is 0 Å². The molecule has 0 saturated heterocycles. The molecular weight excluding hydrogens is 321 g/mol. The largest absolute Gasteiger partial charge is 0.395 e.